The predicted molar refractivity (Wildman–Crippen MR) is 163 cm³/mol. The second kappa shape index (κ2) is 13.3. The van der Waals surface area contributed by atoms with Crippen molar-refractivity contribution in [3.8, 4) is 11.1 Å². The highest BCUT2D eigenvalue weighted by Crippen LogP contribution is 2.32. The van der Waals surface area contributed by atoms with Crippen molar-refractivity contribution in [1.82, 2.24) is 14.9 Å². The monoisotopic (exact) mass is 585 g/mol. The number of nitrogens with two attached hydrogens (primary N) is 1. The van der Waals surface area contributed by atoms with Crippen LogP contribution in [0.25, 0.3) is 11.1 Å². The SMILES string of the molecule is CC(C)(C)C(C[C@H](NC(=O)c1ccc(NC(Cn2ccnc2)c2ccc(F)cc2)cc1-c1ccccc1)C(=O)O)C(N)=O. The second-order valence-corrected chi connectivity index (χ2v) is 11.6. The molecule has 2 amide bonds. The lowest BCUT2D eigenvalue weighted by atomic mass is 9.76. The van der Waals surface area contributed by atoms with E-state index in [1.165, 1.54) is 12.1 Å². The van der Waals surface area contributed by atoms with Crippen LogP contribution in [0.4, 0.5) is 10.1 Å². The average molecular weight is 586 g/mol. The molecule has 0 bridgehead atoms. The van der Waals surface area contributed by atoms with Gasteiger partial charge < -0.3 is 26.0 Å². The van der Waals surface area contributed by atoms with E-state index >= 15 is 0 Å². The zero-order valence-electron chi connectivity index (χ0n) is 24.3. The Balaban J connectivity index is 1.67. The highest BCUT2D eigenvalue weighted by molar-refractivity contribution is 6.03. The quantitative estimate of drug-likeness (QED) is 0.179. The molecular formula is C33H36FN5O4. The van der Waals surface area contributed by atoms with Crippen LogP contribution in [0.2, 0.25) is 0 Å². The van der Waals surface area contributed by atoms with E-state index in [1.807, 2.05) is 47.2 Å². The number of primary amides is 1. The maximum absolute atomic E-state index is 13.7. The van der Waals surface area contributed by atoms with E-state index in [1.54, 1.807) is 57.6 Å². The number of aliphatic carboxylic acids is 1. The Labute approximate surface area is 250 Å². The van der Waals surface area contributed by atoms with Gasteiger partial charge in [-0.2, -0.15) is 0 Å². The number of imidazole rings is 1. The number of benzene rings is 3. The number of nitrogens with one attached hydrogen (secondary N) is 2. The molecule has 10 heteroatoms. The van der Waals surface area contributed by atoms with Crippen molar-refractivity contribution in [2.75, 3.05) is 5.32 Å². The number of aromatic nitrogens is 2. The van der Waals surface area contributed by atoms with Crippen LogP contribution in [0.15, 0.2) is 91.5 Å². The van der Waals surface area contributed by atoms with Crippen molar-refractivity contribution in [1.29, 1.82) is 0 Å². The fourth-order valence-corrected chi connectivity index (χ4v) is 5.01. The van der Waals surface area contributed by atoms with Gasteiger partial charge in [-0.15, -0.1) is 0 Å². The molecule has 0 saturated heterocycles. The van der Waals surface area contributed by atoms with E-state index < -0.39 is 35.2 Å². The van der Waals surface area contributed by atoms with E-state index in [4.69, 9.17) is 5.73 Å². The lowest BCUT2D eigenvalue weighted by Gasteiger charge is -2.30. The number of amides is 2. The van der Waals surface area contributed by atoms with E-state index in [9.17, 15) is 23.9 Å². The number of nitrogens with zero attached hydrogens (tertiary/aromatic N) is 2. The van der Waals surface area contributed by atoms with E-state index in [2.05, 4.69) is 15.6 Å². The highest BCUT2D eigenvalue weighted by Gasteiger charge is 2.35. The number of halogens is 1. The van der Waals surface area contributed by atoms with E-state index in [0.717, 1.165) is 11.1 Å². The summed E-state index contributed by atoms with van der Waals surface area (Å²) in [7, 11) is 0. The van der Waals surface area contributed by atoms with Crippen LogP contribution in [-0.2, 0) is 16.1 Å². The van der Waals surface area contributed by atoms with Crippen molar-refractivity contribution in [2.45, 2.75) is 45.8 Å². The molecule has 1 aromatic heterocycles. The van der Waals surface area contributed by atoms with Crippen LogP contribution in [0.3, 0.4) is 0 Å². The number of carboxylic acid groups (broad SMARTS) is 1. The minimum atomic E-state index is -1.33. The van der Waals surface area contributed by atoms with E-state index in [0.29, 0.717) is 17.8 Å². The molecule has 0 radical (unpaired) electrons. The number of hydrogen-bond acceptors (Lipinski definition) is 5. The molecule has 224 valence electrons. The lowest BCUT2D eigenvalue weighted by Crippen LogP contribution is -2.46. The zero-order chi connectivity index (χ0) is 31.1. The predicted octanol–water partition coefficient (Wildman–Crippen LogP) is 5.26. The van der Waals surface area contributed by atoms with Gasteiger partial charge in [0.2, 0.25) is 5.91 Å². The van der Waals surface area contributed by atoms with Crippen molar-refractivity contribution < 1.29 is 23.9 Å². The summed E-state index contributed by atoms with van der Waals surface area (Å²) in [5, 5.41) is 16.0. The first-order valence-corrected chi connectivity index (χ1v) is 13.9. The Kier molecular flexibility index (Phi) is 9.59. The summed E-state index contributed by atoms with van der Waals surface area (Å²) in [4.78, 5) is 42.0. The van der Waals surface area contributed by atoms with Gasteiger partial charge in [0.05, 0.1) is 12.4 Å². The Morgan fingerprint density at radius 1 is 1.02 bits per heavy atom. The van der Waals surface area contributed by atoms with Crippen molar-refractivity contribution >= 4 is 23.5 Å². The van der Waals surface area contributed by atoms with Gasteiger partial charge >= 0.3 is 5.97 Å². The first kappa shape index (κ1) is 31.0. The van der Waals surface area contributed by atoms with Crippen molar-refractivity contribution in [2.24, 2.45) is 17.1 Å². The normalized spacial score (nSPS) is 13.5. The number of carbonyl (C=O) groups is 3. The molecule has 0 spiro atoms. The molecule has 0 aliphatic rings. The summed E-state index contributed by atoms with van der Waals surface area (Å²) in [6.45, 7) is 5.90. The minimum Gasteiger partial charge on any atom is -0.480 e. The maximum Gasteiger partial charge on any atom is 0.326 e. The van der Waals surface area contributed by atoms with Gasteiger partial charge in [0.15, 0.2) is 0 Å². The van der Waals surface area contributed by atoms with Crippen LogP contribution in [-0.4, -0.2) is 38.5 Å². The smallest absolute Gasteiger partial charge is 0.326 e. The largest absolute Gasteiger partial charge is 0.480 e. The summed E-state index contributed by atoms with van der Waals surface area (Å²) in [5.74, 6) is -3.59. The third-order valence-corrected chi connectivity index (χ3v) is 7.38. The number of hydrogen-bond donors (Lipinski definition) is 4. The summed E-state index contributed by atoms with van der Waals surface area (Å²) in [6.07, 6.45) is 5.07. The van der Waals surface area contributed by atoms with Gasteiger partial charge in [0, 0.05) is 36.1 Å². The van der Waals surface area contributed by atoms with Gasteiger partial charge in [0.25, 0.3) is 5.91 Å². The fourth-order valence-electron chi connectivity index (χ4n) is 5.01. The van der Waals surface area contributed by atoms with Gasteiger partial charge in [-0.1, -0.05) is 63.2 Å². The molecule has 5 N–H and O–H groups in total. The molecular weight excluding hydrogens is 549 g/mol. The number of anilines is 1. The summed E-state index contributed by atoms with van der Waals surface area (Å²) in [6, 6.07) is 19.1. The molecule has 3 aromatic carbocycles. The highest BCUT2D eigenvalue weighted by atomic mass is 19.1. The van der Waals surface area contributed by atoms with Gasteiger partial charge in [-0.25, -0.2) is 14.2 Å². The summed E-state index contributed by atoms with van der Waals surface area (Å²) in [5.41, 5.74) is 8.14. The second-order valence-electron chi connectivity index (χ2n) is 11.6. The molecule has 4 rings (SSSR count). The third kappa shape index (κ3) is 8.06. The number of carbonyl (C=O) groups excluding carboxylic acids is 2. The van der Waals surface area contributed by atoms with Crippen LogP contribution in [0.1, 0.15) is 49.2 Å². The van der Waals surface area contributed by atoms with Gasteiger partial charge in [-0.05, 0) is 58.9 Å². The summed E-state index contributed by atoms with van der Waals surface area (Å²) < 4.78 is 15.6. The van der Waals surface area contributed by atoms with Crippen molar-refractivity contribution in [3.05, 3.63) is 108 Å². The van der Waals surface area contributed by atoms with Crippen molar-refractivity contribution in [3.63, 3.8) is 0 Å². The summed E-state index contributed by atoms with van der Waals surface area (Å²) >= 11 is 0. The minimum absolute atomic E-state index is 0.145. The molecule has 0 aliphatic carbocycles. The zero-order valence-corrected chi connectivity index (χ0v) is 24.3. The van der Waals surface area contributed by atoms with Crippen LogP contribution < -0.4 is 16.4 Å². The average Bonchev–Trinajstić information content (AvgIpc) is 3.48. The molecule has 0 saturated carbocycles. The molecule has 9 nitrogen and oxygen atoms in total. The Morgan fingerprint density at radius 3 is 2.30 bits per heavy atom. The fraction of sp³-hybridized carbons (Fsp3) is 0.273. The van der Waals surface area contributed by atoms with Gasteiger partial charge in [-0.3, -0.25) is 9.59 Å². The topological polar surface area (TPSA) is 139 Å². The Bertz CT molecular complexity index is 1550. The van der Waals surface area contributed by atoms with E-state index in [-0.39, 0.29) is 23.8 Å². The molecule has 1 heterocycles. The molecule has 0 fully saturated rings. The Hall–Kier alpha value is -4.99. The molecule has 0 aliphatic heterocycles. The van der Waals surface area contributed by atoms with Crippen LogP contribution in [0.5, 0.6) is 0 Å². The van der Waals surface area contributed by atoms with Crippen LogP contribution in [0, 0.1) is 17.2 Å². The third-order valence-electron chi connectivity index (χ3n) is 7.38. The lowest BCUT2D eigenvalue weighted by molar-refractivity contribution is -0.140. The maximum atomic E-state index is 13.7. The molecule has 3 atom stereocenters. The number of carboxylic acids is 1. The van der Waals surface area contributed by atoms with Crippen LogP contribution >= 0.6 is 0 Å². The standard InChI is InChI=1S/C33H36FN5O4/c1-33(2,3)27(30(35)40)18-28(32(42)43)38-31(41)25-14-13-24(17-26(25)21-7-5-4-6-8-21)37-29(19-39-16-15-36-20-39)22-9-11-23(34)12-10-22/h4-17,20,27-29,37H,18-19H2,1-3H3,(H2,35,40)(H,38,41)(H,42,43)/t27?,28-,29?/m0/s1. The molecule has 43 heavy (non-hydrogen) atoms. The molecule has 2 unspecified atom stereocenters. The first-order chi connectivity index (χ1) is 20.4. The Morgan fingerprint density at radius 2 is 1.72 bits per heavy atom. The molecule has 4 aromatic rings. The van der Waals surface area contributed by atoms with Gasteiger partial charge in [0.1, 0.15) is 11.9 Å². The number of rotatable bonds is 12. The first-order valence-electron chi connectivity index (χ1n) is 13.9.